The van der Waals surface area contributed by atoms with Gasteiger partial charge < -0.3 is 10.1 Å². The first kappa shape index (κ1) is 20.4. The second-order valence-electron chi connectivity index (χ2n) is 9.48. The van der Waals surface area contributed by atoms with Crippen LogP contribution in [0.5, 0.6) is 0 Å². The smallest absolute Gasteiger partial charge is 0.317 e. The number of esters is 1. The van der Waals surface area contributed by atoms with E-state index in [1.165, 1.54) is 37.8 Å². The van der Waals surface area contributed by atoms with Gasteiger partial charge in [0, 0.05) is 6.04 Å². The Hall–Kier alpha value is -1.91. The third-order valence-electron chi connectivity index (χ3n) is 7.68. The van der Waals surface area contributed by atoms with Gasteiger partial charge in [0.15, 0.2) is 6.10 Å². The molecule has 5 heteroatoms. The average molecular weight is 402 g/mol. The van der Waals surface area contributed by atoms with Crippen molar-refractivity contribution in [1.82, 2.24) is 5.32 Å². The quantitative estimate of drug-likeness (QED) is 0.714. The van der Waals surface area contributed by atoms with E-state index in [0.29, 0.717) is 24.3 Å². The number of rotatable bonds is 6. The van der Waals surface area contributed by atoms with Crippen LogP contribution in [-0.2, 0) is 19.7 Å². The number of hydrogen-bond acceptors (Lipinski definition) is 3. The lowest BCUT2D eigenvalue weighted by Gasteiger charge is -2.31. The second kappa shape index (κ2) is 8.08. The minimum Gasteiger partial charge on any atom is -0.452 e. The predicted molar refractivity (Wildman–Crippen MR) is 109 cm³/mol. The van der Waals surface area contributed by atoms with Gasteiger partial charge >= 0.3 is 5.97 Å². The number of carbonyl (C=O) groups is 2. The summed E-state index contributed by atoms with van der Waals surface area (Å²) < 4.78 is 19.4. The molecule has 0 aromatic heterocycles. The summed E-state index contributed by atoms with van der Waals surface area (Å²) in [4.78, 5) is 25.8. The van der Waals surface area contributed by atoms with Gasteiger partial charge in [0.25, 0.3) is 5.91 Å². The molecule has 2 bridgehead atoms. The van der Waals surface area contributed by atoms with Crippen molar-refractivity contribution >= 4 is 11.9 Å². The molecular weight excluding hydrogens is 369 g/mol. The summed E-state index contributed by atoms with van der Waals surface area (Å²) in [6.45, 7) is 3.71. The van der Waals surface area contributed by atoms with Crippen LogP contribution in [0.25, 0.3) is 0 Å². The molecule has 29 heavy (non-hydrogen) atoms. The summed E-state index contributed by atoms with van der Waals surface area (Å²) in [5.74, 6) is 1.09. The molecule has 0 saturated heterocycles. The van der Waals surface area contributed by atoms with E-state index < -0.39 is 17.5 Å². The summed E-state index contributed by atoms with van der Waals surface area (Å²) in [5.41, 5.74) is -0.185. The van der Waals surface area contributed by atoms with Gasteiger partial charge in [0.05, 0.1) is 5.41 Å². The van der Waals surface area contributed by atoms with Crippen LogP contribution in [0.15, 0.2) is 24.3 Å². The molecule has 1 aromatic rings. The molecule has 0 heterocycles. The fraction of sp³-hybridized carbons (Fsp3) is 0.667. The summed E-state index contributed by atoms with van der Waals surface area (Å²) >= 11 is 0. The summed E-state index contributed by atoms with van der Waals surface area (Å²) in [5, 5.41) is 3.09. The Morgan fingerprint density at radius 3 is 2.55 bits per heavy atom. The van der Waals surface area contributed by atoms with Gasteiger partial charge in [-0.1, -0.05) is 31.4 Å². The highest BCUT2D eigenvalue weighted by Crippen LogP contribution is 2.49. The lowest BCUT2D eigenvalue weighted by Crippen LogP contribution is -2.46. The minimum absolute atomic E-state index is 0.0996. The molecule has 158 valence electrons. The highest BCUT2D eigenvalue weighted by atomic mass is 19.1. The number of fused-ring (bicyclic) bond motifs is 2. The Morgan fingerprint density at radius 1 is 1.17 bits per heavy atom. The topological polar surface area (TPSA) is 55.4 Å². The van der Waals surface area contributed by atoms with Crippen LogP contribution in [0.3, 0.4) is 0 Å². The molecule has 0 spiro atoms. The van der Waals surface area contributed by atoms with Crippen LogP contribution < -0.4 is 5.32 Å². The maximum absolute atomic E-state index is 13.8. The summed E-state index contributed by atoms with van der Waals surface area (Å²) in [7, 11) is 0. The fourth-order valence-electron chi connectivity index (χ4n) is 6.06. The van der Waals surface area contributed by atoms with E-state index >= 15 is 0 Å². The number of halogens is 1. The second-order valence-corrected chi connectivity index (χ2v) is 9.48. The predicted octanol–water partition coefficient (Wildman–Crippen LogP) is 4.51. The van der Waals surface area contributed by atoms with Crippen molar-refractivity contribution in [3.63, 3.8) is 0 Å². The molecule has 0 radical (unpaired) electrons. The molecule has 4 rings (SSSR count). The van der Waals surface area contributed by atoms with E-state index in [1.807, 2.05) is 0 Å². The van der Waals surface area contributed by atoms with E-state index in [4.69, 9.17) is 4.74 Å². The van der Waals surface area contributed by atoms with Crippen molar-refractivity contribution in [3.8, 4) is 0 Å². The van der Waals surface area contributed by atoms with Crippen molar-refractivity contribution in [1.29, 1.82) is 0 Å². The Morgan fingerprint density at radius 2 is 1.93 bits per heavy atom. The van der Waals surface area contributed by atoms with Crippen molar-refractivity contribution in [2.45, 2.75) is 82.8 Å². The van der Waals surface area contributed by atoms with Gasteiger partial charge in [0.1, 0.15) is 5.82 Å². The van der Waals surface area contributed by atoms with Crippen molar-refractivity contribution in [2.24, 2.45) is 17.8 Å². The van der Waals surface area contributed by atoms with Gasteiger partial charge in [-0.25, -0.2) is 4.39 Å². The first-order valence-electron chi connectivity index (χ1n) is 11.2. The summed E-state index contributed by atoms with van der Waals surface area (Å²) in [6, 6.07) is 6.32. The molecule has 3 aliphatic rings. The van der Waals surface area contributed by atoms with Crippen molar-refractivity contribution in [3.05, 3.63) is 35.6 Å². The number of hydrogen-bond donors (Lipinski definition) is 1. The molecule has 3 saturated carbocycles. The minimum atomic E-state index is -0.852. The molecule has 1 aromatic carbocycles. The van der Waals surface area contributed by atoms with Crippen LogP contribution in [0, 0.1) is 23.6 Å². The SMILES string of the molecule is C[C@@H](OC(=O)C1(c2cccc(F)c2)CCCC1)C(=O)N[C@H](C)[C@H]1C[C@@H]2CC[C@@H]1C2. The third-order valence-corrected chi connectivity index (χ3v) is 7.68. The number of ether oxygens (including phenoxy) is 1. The van der Waals surface area contributed by atoms with Gasteiger partial charge in [-0.05, 0) is 81.4 Å². The molecule has 1 N–H and O–H groups in total. The Bertz CT molecular complexity index is 773. The van der Waals surface area contributed by atoms with Crippen LogP contribution in [-0.4, -0.2) is 24.0 Å². The average Bonchev–Trinajstić information content (AvgIpc) is 3.44. The van der Waals surface area contributed by atoms with Crippen LogP contribution >= 0.6 is 0 Å². The highest BCUT2D eigenvalue weighted by Gasteiger charge is 2.46. The van der Waals surface area contributed by atoms with Crippen LogP contribution in [0.2, 0.25) is 0 Å². The summed E-state index contributed by atoms with van der Waals surface area (Å²) in [6.07, 6.45) is 7.30. The van der Waals surface area contributed by atoms with Gasteiger partial charge in [-0.3, -0.25) is 9.59 Å². The van der Waals surface area contributed by atoms with E-state index in [1.54, 1.807) is 19.1 Å². The zero-order valence-corrected chi connectivity index (χ0v) is 17.5. The highest BCUT2D eigenvalue weighted by molar-refractivity contribution is 5.88. The molecule has 3 fully saturated rings. The molecule has 0 aliphatic heterocycles. The number of amides is 1. The van der Waals surface area contributed by atoms with E-state index in [9.17, 15) is 14.0 Å². The monoisotopic (exact) mass is 401 g/mol. The molecule has 4 nitrogen and oxygen atoms in total. The van der Waals surface area contributed by atoms with E-state index in [0.717, 1.165) is 24.7 Å². The lowest BCUT2D eigenvalue weighted by atomic mass is 9.79. The standard InChI is InChI=1S/C24H32FNO3/c1-15(21-13-17-8-9-18(21)12-17)26-22(27)16(2)29-23(28)24(10-3-4-11-24)19-6-5-7-20(25)14-19/h5-7,14-18,21H,3-4,8-13H2,1-2H3,(H,26,27)/t15-,16-,17-,18-,21-/m1/s1. The number of carbonyl (C=O) groups excluding carboxylic acids is 2. The van der Waals surface area contributed by atoms with Gasteiger partial charge in [-0.2, -0.15) is 0 Å². The van der Waals surface area contributed by atoms with E-state index in [2.05, 4.69) is 12.2 Å². The largest absolute Gasteiger partial charge is 0.452 e. The molecule has 0 unspecified atom stereocenters. The maximum Gasteiger partial charge on any atom is 0.317 e. The van der Waals surface area contributed by atoms with Crippen LogP contribution in [0.1, 0.15) is 70.8 Å². The Balaban J connectivity index is 1.39. The maximum atomic E-state index is 13.8. The van der Waals surface area contributed by atoms with Crippen molar-refractivity contribution < 1.29 is 18.7 Å². The number of nitrogens with one attached hydrogen (secondary N) is 1. The normalized spacial score (nSPS) is 29.4. The zero-order chi connectivity index (χ0) is 20.6. The molecule has 3 aliphatic carbocycles. The Kier molecular flexibility index (Phi) is 5.67. The van der Waals surface area contributed by atoms with Gasteiger partial charge in [0.2, 0.25) is 0 Å². The lowest BCUT2D eigenvalue weighted by molar-refractivity contribution is -0.160. The first-order valence-corrected chi connectivity index (χ1v) is 11.2. The van der Waals surface area contributed by atoms with Gasteiger partial charge in [-0.15, -0.1) is 0 Å². The first-order chi connectivity index (χ1) is 13.9. The molecule has 1 amide bonds. The molecular formula is C24H32FNO3. The zero-order valence-electron chi connectivity index (χ0n) is 17.5. The fourth-order valence-corrected chi connectivity index (χ4v) is 6.06. The van der Waals surface area contributed by atoms with Crippen molar-refractivity contribution in [2.75, 3.05) is 0 Å². The number of benzene rings is 1. The molecule has 5 atom stereocenters. The van der Waals surface area contributed by atoms with Crippen LogP contribution in [0.4, 0.5) is 4.39 Å². The Labute approximate surface area is 172 Å². The third kappa shape index (κ3) is 3.93. The van der Waals surface area contributed by atoms with E-state index in [-0.39, 0.29) is 17.8 Å².